The number of morpholine rings is 1. The number of rotatable bonds is 4. The van der Waals surface area contributed by atoms with Gasteiger partial charge in [0.1, 0.15) is 5.82 Å². The van der Waals surface area contributed by atoms with Crippen LogP contribution in [0.2, 0.25) is 0 Å². The molecule has 1 heterocycles. The second kappa shape index (κ2) is 7.35. The molecule has 0 aliphatic carbocycles. The normalized spacial score (nSPS) is 15.3. The number of hydrogen-bond acceptors (Lipinski definition) is 3. The lowest BCUT2D eigenvalue weighted by molar-refractivity contribution is 0.0342. The van der Waals surface area contributed by atoms with Crippen LogP contribution in [-0.4, -0.2) is 37.1 Å². The molecule has 1 amide bonds. The van der Waals surface area contributed by atoms with E-state index in [2.05, 4.69) is 10.2 Å². The molecule has 0 saturated carbocycles. The Hall–Kier alpha value is -2.24. The maximum absolute atomic E-state index is 13.1. The molecule has 1 N–H and O–H groups in total. The summed E-state index contributed by atoms with van der Waals surface area (Å²) in [6, 6.07) is 13.4. The van der Waals surface area contributed by atoms with Crippen molar-refractivity contribution in [3.63, 3.8) is 0 Å². The van der Waals surface area contributed by atoms with Crippen LogP contribution in [0.25, 0.3) is 0 Å². The molecular weight excluding hydrogens is 295 g/mol. The monoisotopic (exact) mass is 314 g/mol. The second-order valence-corrected chi connectivity index (χ2v) is 5.55. The molecule has 0 aromatic heterocycles. The van der Waals surface area contributed by atoms with Crippen LogP contribution < -0.4 is 5.32 Å². The number of carbonyl (C=O) groups excluding carboxylic acids is 1. The van der Waals surface area contributed by atoms with Crippen LogP contribution in [0.1, 0.15) is 15.9 Å². The van der Waals surface area contributed by atoms with Gasteiger partial charge in [0.05, 0.1) is 13.2 Å². The molecule has 1 saturated heterocycles. The van der Waals surface area contributed by atoms with Crippen molar-refractivity contribution < 1.29 is 13.9 Å². The molecule has 2 aromatic carbocycles. The van der Waals surface area contributed by atoms with Gasteiger partial charge in [-0.05, 0) is 35.9 Å². The highest BCUT2D eigenvalue weighted by molar-refractivity contribution is 6.04. The SMILES string of the molecule is O=C(Nc1cccc(F)c1)c1ccc(CN2CCOCC2)cc1. The summed E-state index contributed by atoms with van der Waals surface area (Å²) in [7, 11) is 0. The van der Waals surface area contributed by atoms with E-state index in [-0.39, 0.29) is 11.7 Å². The minimum absolute atomic E-state index is 0.242. The van der Waals surface area contributed by atoms with Gasteiger partial charge in [-0.2, -0.15) is 0 Å². The Bertz CT molecular complexity index is 667. The molecule has 0 unspecified atom stereocenters. The highest BCUT2D eigenvalue weighted by atomic mass is 19.1. The number of anilines is 1. The van der Waals surface area contributed by atoms with Crippen LogP contribution in [0, 0.1) is 5.82 Å². The molecule has 120 valence electrons. The Morgan fingerprint density at radius 2 is 1.87 bits per heavy atom. The van der Waals surface area contributed by atoms with Crippen molar-refractivity contribution in [2.24, 2.45) is 0 Å². The van der Waals surface area contributed by atoms with Crippen LogP contribution in [-0.2, 0) is 11.3 Å². The van der Waals surface area contributed by atoms with E-state index in [4.69, 9.17) is 4.74 Å². The number of nitrogens with one attached hydrogen (secondary N) is 1. The first kappa shape index (κ1) is 15.6. The third-order valence-electron chi connectivity index (χ3n) is 3.81. The fraction of sp³-hybridized carbons (Fsp3) is 0.278. The van der Waals surface area contributed by atoms with Gasteiger partial charge in [0.25, 0.3) is 5.91 Å². The lowest BCUT2D eigenvalue weighted by Crippen LogP contribution is -2.35. The Balaban J connectivity index is 1.60. The van der Waals surface area contributed by atoms with Crippen LogP contribution in [0.3, 0.4) is 0 Å². The first-order valence-corrected chi connectivity index (χ1v) is 7.67. The average molecular weight is 314 g/mol. The van der Waals surface area contributed by atoms with E-state index >= 15 is 0 Å². The zero-order valence-corrected chi connectivity index (χ0v) is 12.8. The van der Waals surface area contributed by atoms with Crippen LogP contribution in [0.5, 0.6) is 0 Å². The topological polar surface area (TPSA) is 41.6 Å². The first-order valence-electron chi connectivity index (χ1n) is 7.67. The van der Waals surface area contributed by atoms with Crippen molar-refractivity contribution in [2.75, 3.05) is 31.6 Å². The van der Waals surface area contributed by atoms with Crippen molar-refractivity contribution in [2.45, 2.75) is 6.54 Å². The van der Waals surface area contributed by atoms with Gasteiger partial charge in [0, 0.05) is 30.9 Å². The van der Waals surface area contributed by atoms with E-state index in [0.29, 0.717) is 11.3 Å². The second-order valence-electron chi connectivity index (χ2n) is 5.55. The quantitative estimate of drug-likeness (QED) is 0.943. The molecule has 0 bridgehead atoms. The van der Waals surface area contributed by atoms with E-state index in [1.807, 2.05) is 12.1 Å². The van der Waals surface area contributed by atoms with E-state index < -0.39 is 0 Å². The van der Waals surface area contributed by atoms with Crippen LogP contribution in [0.4, 0.5) is 10.1 Å². The Morgan fingerprint density at radius 3 is 2.57 bits per heavy atom. The van der Waals surface area contributed by atoms with Crippen molar-refractivity contribution in [3.05, 3.63) is 65.5 Å². The minimum Gasteiger partial charge on any atom is -0.379 e. The molecule has 2 aromatic rings. The third kappa shape index (κ3) is 4.37. The van der Waals surface area contributed by atoms with Gasteiger partial charge in [-0.15, -0.1) is 0 Å². The Labute approximate surface area is 134 Å². The van der Waals surface area contributed by atoms with Gasteiger partial charge in [-0.3, -0.25) is 9.69 Å². The van der Waals surface area contributed by atoms with E-state index in [1.54, 1.807) is 24.3 Å². The summed E-state index contributed by atoms with van der Waals surface area (Å²) in [6.07, 6.45) is 0. The molecule has 0 atom stereocenters. The summed E-state index contributed by atoms with van der Waals surface area (Å²) in [5, 5.41) is 2.69. The molecule has 1 fully saturated rings. The van der Waals surface area contributed by atoms with Crippen molar-refractivity contribution in [1.82, 2.24) is 4.90 Å². The van der Waals surface area contributed by atoms with Gasteiger partial charge in [-0.25, -0.2) is 4.39 Å². The Morgan fingerprint density at radius 1 is 1.13 bits per heavy atom. The highest BCUT2D eigenvalue weighted by Crippen LogP contribution is 2.13. The minimum atomic E-state index is -0.372. The zero-order chi connectivity index (χ0) is 16.1. The van der Waals surface area contributed by atoms with Gasteiger partial charge in [0.2, 0.25) is 0 Å². The lowest BCUT2D eigenvalue weighted by Gasteiger charge is -2.26. The molecule has 5 heteroatoms. The number of nitrogens with zero attached hydrogens (tertiary/aromatic N) is 1. The molecular formula is C18H19FN2O2. The highest BCUT2D eigenvalue weighted by Gasteiger charge is 2.11. The van der Waals surface area contributed by atoms with Crippen molar-refractivity contribution in [3.8, 4) is 0 Å². The number of amides is 1. The largest absolute Gasteiger partial charge is 0.379 e. The predicted octanol–water partition coefficient (Wildman–Crippen LogP) is 2.91. The molecule has 3 rings (SSSR count). The molecule has 23 heavy (non-hydrogen) atoms. The number of hydrogen-bond donors (Lipinski definition) is 1. The molecule has 1 aliphatic heterocycles. The molecule has 1 aliphatic rings. The maximum Gasteiger partial charge on any atom is 0.255 e. The van der Waals surface area contributed by atoms with Crippen molar-refractivity contribution in [1.29, 1.82) is 0 Å². The smallest absolute Gasteiger partial charge is 0.255 e. The summed E-state index contributed by atoms with van der Waals surface area (Å²) in [5.74, 6) is -0.614. The summed E-state index contributed by atoms with van der Waals surface area (Å²) >= 11 is 0. The maximum atomic E-state index is 13.1. The molecule has 0 radical (unpaired) electrons. The first-order chi connectivity index (χ1) is 11.2. The van der Waals surface area contributed by atoms with Gasteiger partial charge in [-0.1, -0.05) is 18.2 Å². The number of benzene rings is 2. The summed E-state index contributed by atoms with van der Waals surface area (Å²) in [4.78, 5) is 14.5. The summed E-state index contributed by atoms with van der Waals surface area (Å²) in [5.41, 5.74) is 2.17. The zero-order valence-electron chi connectivity index (χ0n) is 12.8. The molecule has 0 spiro atoms. The third-order valence-corrected chi connectivity index (χ3v) is 3.81. The number of ether oxygens (including phenoxy) is 1. The van der Waals surface area contributed by atoms with Gasteiger partial charge in [0.15, 0.2) is 0 Å². The summed E-state index contributed by atoms with van der Waals surface area (Å²) in [6.45, 7) is 4.26. The van der Waals surface area contributed by atoms with Gasteiger partial charge >= 0.3 is 0 Å². The summed E-state index contributed by atoms with van der Waals surface area (Å²) < 4.78 is 18.5. The number of halogens is 1. The average Bonchev–Trinajstić information content (AvgIpc) is 2.56. The Kier molecular flexibility index (Phi) is 5.00. The van der Waals surface area contributed by atoms with Gasteiger partial charge < -0.3 is 10.1 Å². The lowest BCUT2D eigenvalue weighted by atomic mass is 10.1. The molecule has 4 nitrogen and oxygen atoms in total. The van der Waals surface area contributed by atoms with E-state index in [1.165, 1.54) is 12.1 Å². The van der Waals surface area contributed by atoms with E-state index in [9.17, 15) is 9.18 Å². The fourth-order valence-electron chi connectivity index (χ4n) is 2.55. The van der Waals surface area contributed by atoms with Crippen molar-refractivity contribution >= 4 is 11.6 Å². The predicted molar refractivity (Wildman–Crippen MR) is 86.9 cm³/mol. The fourth-order valence-corrected chi connectivity index (χ4v) is 2.55. The standard InChI is InChI=1S/C18H19FN2O2/c19-16-2-1-3-17(12-16)20-18(22)15-6-4-14(5-7-15)13-21-8-10-23-11-9-21/h1-7,12H,8-11,13H2,(H,20,22). The number of carbonyl (C=O) groups is 1. The van der Waals surface area contributed by atoms with Crippen LogP contribution in [0.15, 0.2) is 48.5 Å². The van der Waals surface area contributed by atoms with Crippen LogP contribution >= 0.6 is 0 Å². The van der Waals surface area contributed by atoms with E-state index in [0.717, 1.165) is 38.4 Å².